The molecule has 0 N–H and O–H groups in total. The maximum atomic E-state index is 13.1. The third kappa shape index (κ3) is 3.59. The van der Waals surface area contributed by atoms with Gasteiger partial charge >= 0.3 is 0 Å². The largest absolute Gasteiger partial charge is 0.336 e. The molecule has 0 spiro atoms. The maximum Gasteiger partial charge on any atom is 0.254 e. The van der Waals surface area contributed by atoms with Crippen LogP contribution < -0.4 is 0 Å². The molecule has 0 aliphatic carbocycles. The summed E-state index contributed by atoms with van der Waals surface area (Å²) in [5.41, 5.74) is 4.67. The highest BCUT2D eigenvalue weighted by atomic mass is 16.2. The standard InChI is InChI=1S/C20H22N6O/c1-15-5-3-4-6-19(15)16-11-17(13-18(12-16)26-14-21-22-23-26)20(27)25-9-7-24(2)8-10-25/h3-6,11-14H,7-10H2,1-2H3. The number of rotatable bonds is 3. The molecule has 1 aromatic heterocycles. The monoisotopic (exact) mass is 362 g/mol. The van der Waals surface area contributed by atoms with Crippen LogP contribution in [-0.2, 0) is 0 Å². The van der Waals surface area contributed by atoms with E-state index in [9.17, 15) is 4.79 Å². The lowest BCUT2D eigenvalue weighted by Gasteiger charge is -2.32. The van der Waals surface area contributed by atoms with Crippen molar-refractivity contribution in [3.8, 4) is 16.8 Å². The molecule has 0 saturated carbocycles. The Bertz CT molecular complexity index is 945. The van der Waals surface area contributed by atoms with Crippen molar-refractivity contribution in [3.05, 3.63) is 59.9 Å². The van der Waals surface area contributed by atoms with Crippen LogP contribution in [0.4, 0.5) is 0 Å². The van der Waals surface area contributed by atoms with Crippen molar-refractivity contribution in [2.75, 3.05) is 33.2 Å². The van der Waals surface area contributed by atoms with Crippen LogP contribution in [0.3, 0.4) is 0 Å². The van der Waals surface area contributed by atoms with E-state index in [-0.39, 0.29) is 5.91 Å². The van der Waals surface area contributed by atoms with Gasteiger partial charge in [-0.05, 0) is 59.3 Å². The summed E-state index contributed by atoms with van der Waals surface area (Å²) in [7, 11) is 2.08. The predicted molar refractivity (Wildman–Crippen MR) is 103 cm³/mol. The summed E-state index contributed by atoms with van der Waals surface area (Å²) >= 11 is 0. The summed E-state index contributed by atoms with van der Waals surface area (Å²) in [6.07, 6.45) is 1.54. The Morgan fingerprint density at radius 1 is 1.04 bits per heavy atom. The number of benzene rings is 2. The van der Waals surface area contributed by atoms with E-state index in [1.54, 1.807) is 11.0 Å². The minimum Gasteiger partial charge on any atom is -0.336 e. The number of aromatic nitrogens is 4. The lowest BCUT2D eigenvalue weighted by Crippen LogP contribution is -2.47. The Hall–Kier alpha value is -3.06. The van der Waals surface area contributed by atoms with Crippen molar-refractivity contribution < 1.29 is 4.79 Å². The van der Waals surface area contributed by atoms with Crippen LogP contribution >= 0.6 is 0 Å². The summed E-state index contributed by atoms with van der Waals surface area (Å²) in [6.45, 7) is 5.33. The summed E-state index contributed by atoms with van der Waals surface area (Å²) in [4.78, 5) is 17.3. The average molecular weight is 362 g/mol. The average Bonchev–Trinajstić information content (AvgIpc) is 3.23. The van der Waals surface area contributed by atoms with Crippen LogP contribution in [0.1, 0.15) is 15.9 Å². The van der Waals surface area contributed by atoms with Gasteiger partial charge in [0, 0.05) is 31.7 Å². The second-order valence-electron chi connectivity index (χ2n) is 6.93. The molecule has 2 heterocycles. The van der Waals surface area contributed by atoms with Crippen LogP contribution in [-0.4, -0.2) is 69.1 Å². The van der Waals surface area contributed by atoms with Gasteiger partial charge in [-0.1, -0.05) is 24.3 Å². The number of carbonyl (C=O) groups excluding carboxylic acids is 1. The van der Waals surface area contributed by atoms with E-state index in [1.807, 2.05) is 35.2 Å². The molecule has 1 aliphatic rings. The third-order valence-corrected chi connectivity index (χ3v) is 5.02. The molecule has 27 heavy (non-hydrogen) atoms. The second kappa shape index (κ2) is 7.28. The summed E-state index contributed by atoms with van der Waals surface area (Å²) < 4.78 is 1.59. The number of nitrogens with zero attached hydrogens (tertiary/aromatic N) is 6. The van der Waals surface area contributed by atoms with Crippen LogP contribution in [0.15, 0.2) is 48.8 Å². The number of aryl methyl sites for hydroxylation is 1. The molecule has 3 aromatic rings. The van der Waals surface area contributed by atoms with Crippen LogP contribution in [0.25, 0.3) is 16.8 Å². The minimum atomic E-state index is 0.0489. The van der Waals surface area contributed by atoms with Crippen LogP contribution in [0.5, 0.6) is 0 Å². The second-order valence-corrected chi connectivity index (χ2v) is 6.93. The number of hydrogen-bond acceptors (Lipinski definition) is 5. The Morgan fingerprint density at radius 2 is 1.81 bits per heavy atom. The van der Waals surface area contributed by atoms with E-state index >= 15 is 0 Å². The molecule has 7 heteroatoms. The molecular formula is C20H22N6O. The van der Waals surface area contributed by atoms with Gasteiger partial charge < -0.3 is 9.80 Å². The highest BCUT2D eigenvalue weighted by Crippen LogP contribution is 2.27. The normalized spacial score (nSPS) is 15.1. The van der Waals surface area contributed by atoms with E-state index in [2.05, 4.69) is 46.5 Å². The first-order chi connectivity index (χ1) is 13.1. The van der Waals surface area contributed by atoms with Gasteiger partial charge in [-0.15, -0.1) is 5.10 Å². The van der Waals surface area contributed by atoms with Gasteiger partial charge in [0.15, 0.2) is 0 Å². The van der Waals surface area contributed by atoms with Crippen LogP contribution in [0.2, 0.25) is 0 Å². The first-order valence-electron chi connectivity index (χ1n) is 9.04. The number of tetrazole rings is 1. The highest BCUT2D eigenvalue weighted by molar-refractivity contribution is 5.96. The Morgan fingerprint density at radius 3 is 2.52 bits per heavy atom. The molecule has 138 valence electrons. The first-order valence-corrected chi connectivity index (χ1v) is 9.04. The molecule has 1 fully saturated rings. The number of likely N-dealkylation sites (N-methyl/N-ethyl adjacent to an activating group) is 1. The van der Waals surface area contributed by atoms with Gasteiger partial charge in [0.1, 0.15) is 6.33 Å². The Kier molecular flexibility index (Phi) is 4.68. The van der Waals surface area contributed by atoms with E-state index in [1.165, 1.54) is 0 Å². The zero-order valence-corrected chi connectivity index (χ0v) is 15.5. The topological polar surface area (TPSA) is 67.2 Å². The third-order valence-electron chi connectivity index (χ3n) is 5.02. The lowest BCUT2D eigenvalue weighted by atomic mass is 9.97. The van der Waals surface area contributed by atoms with Crippen LogP contribution in [0, 0.1) is 6.92 Å². The van der Waals surface area contributed by atoms with Crippen molar-refractivity contribution in [1.82, 2.24) is 30.0 Å². The predicted octanol–water partition coefficient (Wildman–Crippen LogP) is 2.03. The zero-order chi connectivity index (χ0) is 18.8. The quantitative estimate of drug-likeness (QED) is 0.713. The van der Waals surface area contributed by atoms with E-state index in [0.717, 1.165) is 48.6 Å². The summed E-state index contributed by atoms with van der Waals surface area (Å²) in [5.74, 6) is 0.0489. The van der Waals surface area contributed by atoms with Gasteiger partial charge in [-0.25, -0.2) is 4.68 Å². The summed E-state index contributed by atoms with van der Waals surface area (Å²) in [5, 5.41) is 11.4. The number of amides is 1. The molecule has 1 amide bonds. The Balaban J connectivity index is 1.77. The van der Waals surface area contributed by atoms with Gasteiger partial charge in [0.25, 0.3) is 5.91 Å². The van der Waals surface area contributed by atoms with Gasteiger partial charge in [-0.2, -0.15) is 0 Å². The molecule has 0 bridgehead atoms. The Labute approximate surface area is 158 Å². The molecule has 0 unspecified atom stereocenters. The van der Waals surface area contributed by atoms with E-state index in [0.29, 0.717) is 5.56 Å². The van der Waals surface area contributed by atoms with Gasteiger partial charge in [0.2, 0.25) is 0 Å². The van der Waals surface area contributed by atoms with Crippen molar-refractivity contribution >= 4 is 5.91 Å². The fourth-order valence-corrected chi connectivity index (χ4v) is 3.39. The molecule has 2 aromatic carbocycles. The molecule has 1 aliphatic heterocycles. The molecule has 7 nitrogen and oxygen atoms in total. The smallest absolute Gasteiger partial charge is 0.254 e. The molecular weight excluding hydrogens is 340 g/mol. The van der Waals surface area contributed by atoms with Crippen molar-refractivity contribution in [1.29, 1.82) is 0 Å². The van der Waals surface area contributed by atoms with Crippen molar-refractivity contribution in [2.45, 2.75) is 6.92 Å². The van der Waals surface area contributed by atoms with Gasteiger partial charge in [0.05, 0.1) is 5.69 Å². The maximum absolute atomic E-state index is 13.1. The van der Waals surface area contributed by atoms with Crippen molar-refractivity contribution in [3.63, 3.8) is 0 Å². The lowest BCUT2D eigenvalue weighted by molar-refractivity contribution is 0.0664. The zero-order valence-electron chi connectivity index (χ0n) is 15.5. The SMILES string of the molecule is Cc1ccccc1-c1cc(C(=O)N2CCN(C)CC2)cc(-n2cnnn2)c1. The number of hydrogen-bond donors (Lipinski definition) is 0. The fourth-order valence-electron chi connectivity index (χ4n) is 3.39. The number of carbonyl (C=O) groups is 1. The van der Waals surface area contributed by atoms with E-state index in [4.69, 9.17) is 0 Å². The molecule has 0 atom stereocenters. The van der Waals surface area contributed by atoms with E-state index < -0.39 is 0 Å². The van der Waals surface area contributed by atoms with Gasteiger partial charge in [-0.3, -0.25) is 4.79 Å². The fraction of sp³-hybridized carbons (Fsp3) is 0.300. The molecule has 1 saturated heterocycles. The minimum absolute atomic E-state index is 0.0489. The highest BCUT2D eigenvalue weighted by Gasteiger charge is 2.22. The first kappa shape index (κ1) is 17.4. The number of piperazine rings is 1. The summed E-state index contributed by atoms with van der Waals surface area (Å²) in [6, 6.07) is 14.0. The molecule has 0 radical (unpaired) electrons. The molecule has 4 rings (SSSR count). The van der Waals surface area contributed by atoms with Crippen molar-refractivity contribution in [2.24, 2.45) is 0 Å².